The monoisotopic (exact) mass is 297 g/mol. The average Bonchev–Trinajstić information content (AvgIpc) is 2.55. The van der Waals surface area contributed by atoms with Gasteiger partial charge in [0.15, 0.2) is 11.5 Å². The van der Waals surface area contributed by atoms with E-state index in [2.05, 4.69) is 5.32 Å². The molecule has 22 heavy (non-hydrogen) atoms. The third-order valence-corrected chi connectivity index (χ3v) is 3.35. The van der Waals surface area contributed by atoms with Gasteiger partial charge < -0.3 is 14.8 Å². The first-order valence-corrected chi connectivity index (χ1v) is 7.01. The summed E-state index contributed by atoms with van der Waals surface area (Å²) in [4.78, 5) is 23.3. The molecule has 1 aliphatic heterocycles. The van der Waals surface area contributed by atoms with Gasteiger partial charge in [0.2, 0.25) is 6.10 Å². The summed E-state index contributed by atoms with van der Waals surface area (Å²) in [7, 11) is 0. The van der Waals surface area contributed by atoms with Gasteiger partial charge >= 0.3 is 0 Å². The maximum absolute atomic E-state index is 12.3. The van der Waals surface area contributed by atoms with Crippen LogP contribution in [-0.4, -0.2) is 18.8 Å². The average molecular weight is 297 g/mol. The zero-order valence-corrected chi connectivity index (χ0v) is 12.0. The zero-order chi connectivity index (χ0) is 15.5. The topological polar surface area (TPSA) is 64.6 Å². The molecule has 5 heteroatoms. The van der Waals surface area contributed by atoms with Gasteiger partial charge in [0.1, 0.15) is 6.29 Å². The van der Waals surface area contributed by atoms with Crippen LogP contribution < -0.4 is 14.8 Å². The highest BCUT2D eigenvalue weighted by atomic mass is 16.5. The molecule has 2 aromatic carbocycles. The molecule has 0 saturated carbocycles. The molecule has 1 heterocycles. The van der Waals surface area contributed by atoms with Crippen LogP contribution >= 0.6 is 0 Å². The van der Waals surface area contributed by atoms with Crippen LogP contribution in [0.1, 0.15) is 28.9 Å². The lowest BCUT2D eigenvalue weighted by Crippen LogP contribution is -2.30. The third kappa shape index (κ3) is 2.53. The number of nitrogens with one attached hydrogen (secondary N) is 1. The molecule has 5 nitrogen and oxygen atoms in total. The Morgan fingerprint density at radius 2 is 2.05 bits per heavy atom. The molecule has 0 aliphatic carbocycles. The number of amides is 1. The Bertz CT molecular complexity index is 712. The molecule has 112 valence electrons. The number of hydrogen-bond acceptors (Lipinski definition) is 4. The van der Waals surface area contributed by atoms with E-state index in [1.807, 2.05) is 37.3 Å². The van der Waals surface area contributed by atoms with E-state index >= 15 is 0 Å². The summed E-state index contributed by atoms with van der Waals surface area (Å²) >= 11 is 0. The van der Waals surface area contributed by atoms with Crippen molar-refractivity contribution in [2.75, 3.05) is 11.9 Å². The number of aldehydes is 1. The standard InChI is InChI=1S/C17H15NO4/c1-2-21-14-9-11(10-19)8-13-16(14)22-15(17(20)18-13)12-6-4-3-5-7-12/h3-10,15H,2H2,1H3,(H,18,20). The first kappa shape index (κ1) is 14.1. The van der Waals surface area contributed by atoms with Gasteiger partial charge in [-0.1, -0.05) is 30.3 Å². The van der Waals surface area contributed by atoms with E-state index in [1.165, 1.54) is 0 Å². The van der Waals surface area contributed by atoms with Gasteiger partial charge in [-0.3, -0.25) is 9.59 Å². The molecule has 0 radical (unpaired) electrons. The summed E-state index contributed by atoms with van der Waals surface area (Å²) in [6.45, 7) is 2.28. The van der Waals surface area contributed by atoms with Gasteiger partial charge in [-0.2, -0.15) is 0 Å². The van der Waals surface area contributed by atoms with E-state index in [1.54, 1.807) is 12.1 Å². The molecule has 2 aromatic rings. The van der Waals surface area contributed by atoms with Crippen molar-refractivity contribution in [2.45, 2.75) is 13.0 Å². The molecular weight excluding hydrogens is 282 g/mol. The Kier molecular flexibility index (Phi) is 3.78. The van der Waals surface area contributed by atoms with Crippen molar-refractivity contribution < 1.29 is 19.1 Å². The van der Waals surface area contributed by atoms with Crippen molar-refractivity contribution in [3.8, 4) is 11.5 Å². The number of carbonyl (C=O) groups excluding carboxylic acids is 2. The second kappa shape index (κ2) is 5.89. The van der Waals surface area contributed by atoms with Crippen LogP contribution in [0.3, 0.4) is 0 Å². The highest BCUT2D eigenvalue weighted by molar-refractivity contribution is 6.00. The van der Waals surface area contributed by atoms with E-state index in [0.29, 0.717) is 35.6 Å². The fourth-order valence-corrected chi connectivity index (χ4v) is 2.39. The molecule has 1 unspecified atom stereocenters. The summed E-state index contributed by atoms with van der Waals surface area (Å²) in [5.74, 6) is 0.619. The van der Waals surface area contributed by atoms with E-state index in [0.717, 1.165) is 5.56 Å². The van der Waals surface area contributed by atoms with Gasteiger partial charge in [0.05, 0.1) is 12.3 Å². The van der Waals surface area contributed by atoms with Crippen LogP contribution in [0.5, 0.6) is 11.5 Å². The lowest BCUT2D eigenvalue weighted by atomic mass is 10.1. The Morgan fingerprint density at radius 1 is 1.27 bits per heavy atom. The summed E-state index contributed by atoms with van der Waals surface area (Å²) in [6, 6.07) is 12.4. The van der Waals surface area contributed by atoms with Gasteiger partial charge in [0.25, 0.3) is 5.91 Å². The van der Waals surface area contributed by atoms with E-state index in [9.17, 15) is 9.59 Å². The molecule has 1 amide bonds. The lowest BCUT2D eigenvalue weighted by Gasteiger charge is -2.27. The molecule has 0 saturated heterocycles. The molecule has 0 fully saturated rings. The number of rotatable bonds is 4. The van der Waals surface area contributed by atoms with E-state index in [-0.39, 0.29) is 5.91 Å². The largest absolute Gasteiger partial charge is 0.490 e. The second-order valence-electron chi connectivity index (χ2n) is 4.84. The molecular formula is C17H15NO4. The highest BCUT2D eigenvalue weighted by Gasteiger charge is 2.31. The minimum absolute atomic E-state index is 0.274. The molecule has 1 atom stereocenters. The maximum Gasteiger partial charge on any atom is 0.270 e. The molecule has 1 aliphatic rings. The van der Waals surface area contributed by atoms with Crippen LogP contribution in [0, 0.1) is 0 Å². The fourth-order valence-electron chi connectivity index (χ4n) is 2.39. The van der Waals surface area contributed by atoms with E-state index in [4.69, 9.17) is 9.47 Å². The van der Waals surface area contributed by atoms with Crippen molar-refractivity contribution in [3.05, 3.63) is 53.6 Å². The first-order valence-electron chi connectivity index (χ1n) is 7.01. The molecule has 0 spiro atoms. The predicted molar refractivity (Wildman–Crippen MR) is 81.4 cm³/mol. The number of benzene rings is 2. The SMILES string of the molecule is CCOc1cc(C=O)cc2c1OC(c1ccccc1)C(=O)N2. The molecule has 0 aromatic heterocycles. The summed E-state index contributed by atoms with van der Waals surface area (Å²) in [5.41, 5.74) is 1.63. The third-order valence-electron chi connectivity index (χ3n) is 3.35. The highest BCUT2D eigenvalue weighted by Crippen LogP contribution is 2.42. The van der Waals surface area contributed by atoms with Crippen molar-refractivity contribution in [1.82, 2.24) is 0 Å². The van der Waals surface area contributed by atoms with Crippen LogP contribution in [0.25, 0.3) is 0 Å². The predicted octanol–water partition coefficient (Wildman–Crippen LogP) is 2.97. The molecule has 3 rings (SSSR count). The van der Waals surface area contributed by atoms with Crippen LogP contribution in [-0.2, 0) is 4.79 Å². The first-order chi connectivity index (χ1) is 10.7. The van der Waals surface area contributed by atoms with E-state index < -0.39 is 6.10 Å². The number of hydrogen-bond donors (Lipinski definition) is 1. The van der Waals surface area contributed by atoms with Gasteiger partial charge in [-0.05, 0) is 19.1 Å². The van der Waals surface area contributed by atoms with Crippen molar-refractivity contribution in [2.24, 2.45) is 0 Å². The van der Waals surface area contributed by atoms with Crippen molar-refractivity contribution in [3.63, 3.8) is 0 Å². The molecule has 0 bridgehead atoms. The minimum Gasteiger partial charge on any atom is -0.490 e. The number of anilines is 1. The number of carbonyl (C=O) groups is 2. The van der Waals surface area contributed by atoms with Crippen LogP contribution in [0.15, 0.2) is 42.5 Å². The Balaban J connectivity index is 2.03. The second-order valence-corrected chi connectivity index (χ2v) is 4.84. The van der Waals surface area contributed by atoms with Gasteiger partial charge in [0, 0.05) is 11.1 Å². The Labute approximate surface area is 127 Å². The Morgan fingerprint density at radius 3 is 2.73 bits per heavy atom. The lowest BCUT2D eigenvalue weighted by molar-refractivity contribution is -0.123. The number of fused-ring (bicyclic) bond motifs is 1. The Hall–Kier alpha value is -2.82. The minimum atomic E-state index is -0.741. The van der Waals surface area contributed by atoms with Gasteiger partial charge in [-0.15, -0.1) is 0 Å². The fraction of sp³-hybridized carbons (Fsp3) is 0.176. The smallest absolute Gasteiger partial charge is 0.270 e. The van der Waals surface area contributed by atoms with Crippen molar-refractivity contribution in [1.29, 1.82) is 0 Å². The van der Waals surface area contributed by atoms with Crippen LogP contribution in [0.2, 0.25) is 0 Å². The quantitative estimate of drug-likeness (QED) is 0.881. The normalized spacial score (nSPS) is 16.2. The van der Waals surface area contributed by atoms with Crippen molar-refractivity contribution >= 4 is 17.9 Å². The molecule has 1 N–H and O–H groups in total. The summed E-state index contributed by atoms with van der Waals surface area (Å²) in [6.07, 6.45) is -0.0342. The van der Waals surface area contributed by atoms with Crippen LogP contribution in [0.4, 0.5) is 5.69 Å². The number of ether oxygens (including phenoxy) is 2. The van der Waals surface area contributed by atoms with Gasteiger partial charge in [-0.25, -0.2) is 0 Å². The summed E-state index contributed by atoms with van der Waals surface area (Å²) < 4.78 is 11.4. The zero-order valence-electron chi connectivity index (χ0n) is 12.0. The summed E-state index contributed by atoms with van der Waals surface area (Å²) in [5, 5.41) is 2.78. The maximum atomic E-state index is 12.3.